The molecular formula is C23H40N2O6. The molecule has 1 aromatic rings. The SMILES string of the molecule is Cc1ccc(O)cc1CNCCCOCCOCCOCCCNC(=O)OC(C)(C)C. The van der Waals surface area contributed by atoms with Gasteiger partial charge in [0.2, 0.25) is 0 Å². The van der Waals surface area contributed by atoms with E-state index in [9.17, 15) is 9.90 Å². The smallest absolute Gasteiger partial charge is 0.407 e. The summed E-state index contributed by atoms with van der Waals surface area (Å²) in [6, 6.07) is 5.42. The van der Waals surface area contributed by atoms with E-state index in [0.29, 0.717) is 51.9 Å². The first-order chi connectivity index (χ1) is 14.8. The van der Waals surface area contributed by atoms with E-state index in [1.54, 1.807) is 12.1 Å². The summed E-state index contributed by atoms with van der Waals surface area (Å²) < 4.78 is 21.6. The Labute approximate surface area is 186 Å². The van der Waals surface area contributed by atoms with E-state index >= 15 is 0 Å². The zero-order valence-corrected chi connectivity index (χ0v) is 19.5. The van der Waals surface area contributed by atoms with Crippen LogP contribution < -0.4 is 10.6 Å². The largest absolute Gasteiger partial charge is 0.508 e. The zero-order valence-electron chi connectivity index (χ0n) is 19.5. The maximum atomic E-state index is 11.5. The summed E-state index contributed by atoms with van der Waals surface area (Å²) in [5.74, 6) is 0.298. The lowest BCUT2D eigenvalue weighted by Gasteiger charge is -2.19. The van der Waals surface area contributed by atoms with E-state index in [4.69, 9.17) is 18.9 Å². The first-order valence-corrected chi connectivity index (χ1v) is 11.0. The molecular weight excluding hydrogens is 400 g/mol. The second kappa shape index (κ2) is 15.9. The van der Waals surface area contributed by atoms with Crippen molar-refractivity contribution >= 4 is 6.09 Å². The third kappa shape index (κ3) is 15.6. The van der Waals surface area contributed by atoms with Crippen molar-refractivity contribution in [3.05, 3.63) is 29.3 Å². The Balaban J connectivity index is 1.81. The van der Waals surface area contributed by atoms with Gasteiger partial charge in [-0.05, 0) is 70.3 Å². The molecule has 8 heteroatoms. The first kappa shape index (κ1) is 27.2. The van der Waals surface area contributed by atoms with Crippen LogP contribution >= 0.6 is 0 Å². The zero-order chi connectivity index (χ0) is 23.0. The van der Waals surface area contributed by atoms with Crippen molar-refractivity contribution in [3.63, 3.8) is 0 Å². The fourth-order valence-corrected chi connectivity index (χ4v) is 2.59. The van der Waals surface area contributed by atoms with E-state index in [2.05, 4.69) is 10.6 Å². The van der Waals surface area contributed by atoms with Gasteiger partial charge in [0.05, 0.1) is 26.4 Å². The minimum atomic E-state index is -0.480. The number of alkyl carbamates (subject to hydrolysis) is 1. The molecule has 0 unspecified atom stereocenters. The van der Waals surface area contributed by atoms with Crippen LogP contribution in [0.3, 0.4) is 0 Å². The number of phenolic OH excluding ortho intramolecular Hbond substituents is 1. The Hall–Kier alpha value is -1.87. The summed E-state index contributed by atoms with van der Waals surface area (Å²) in [6.07, 6.45) is 1.23. The van der Waals surface area contributed by atoms with Crippen molar-refractivity contribution in [2.75, 3.05) is 52.7 Å². The summed E-state index contributed by atoms with van der Waals surface area (Å²) in [4.78, 5) is 11.5. The van der Waals surface area contributed by atoms with Gasteiger partial charge in [0.25, 0.3) is 0 Å². The van der Waals surface area contributed by atoms with E-state index in [1.165, 1.54) is 5.56 Å². The number of aryl methyl sites for hydroxylation is 1. The molecule has 1 amide bonds. The van der Waals surface area contributed by atoms with Crippen molar-refractivity contribution in [3.8, 4) is 5.75 Å². The number of nitrogens with one attached hydrogen (secondary N) is 2. The molecule has 0 saturated heterocycles. The van der Waals surface area contributed by atoms with E-state index in [-0.39, 0.29) is 0 Å². The molecule has 178 valence electrons. The predicted octanol–water partition coefficient (Wildman–Crippen LogP) is 3.14. The maximum Gasteiger partial charge on any atom is 0.407 e. The lowest BCUT2D eigenvalue weighted by atomic mass is 10.1. The molecule has 0 aliphatic heterocycles. The van der Waals surface area contributed by atoms with Crippen molar-refractivity contribution < 1.29 is 28.8 Å². The van der Waals surface area contributed by atoms with E-state index < -0.39 is 11.7 Å². The van der Waals surface area contributed by atoms with Gasteiger partial charge in [-0.2, -0.15) is 0 Å². The van der Waals surface area contributed by atoms with Crippen molar-refractivity contribution in [1.29, 1.82) is 0 Å². The average Bonchev–Trinajstić information content (AvgIpc) is 2.68. The number of hydrogen-bond donors (Lipinski definition) is 3. The third-order valence-electron chi connectivity index (χ3n) is 4.17. The van der Waals surface area contributed by atoms with Gasteiger partial charge >= 0.3 is 6.09 Å². The summed E-state index contributed by atoms with van der Waals surface area (Å²) in [7, 11) is 0. The van der Waals surface area contributed by atoms with Gasteiger partial charge in [-0.15, -0.1) is 0 Å². The second-order valence-electron chi connectivity index (χ2n) is 8.26. The molecule has 1 rings (SSSR count). The molecule has 0 atom stereocenters. The standard InChI is InChI=1S/C23H40N2O6/c1-19-7-8-21(26)17-20(19)18-24-9-5-11-28-13-15-30-16-14-29-12-6-10-25-22(27)31-23(2,3)4/h7-8,17,24,26H,5-6,9-16,18H2,1-4H3,(H,25,27). The van der Waals surface area contributed by atoms with Crippen molar-refractivity contribution in [2.24, 2.45) is 0 Å². The molecule has 0 aliphatic rings. The molecule has 0 saturated carbocycles. The highest BCUT2D eigenvalue weighted by atomic mass is 16.6. The van der Waals surface area contributed by atoms with Crippen molar-refractivity contribution in [1.82, 2.24) is 10.6 Å². The van der Waals surface area contributed by atoms with Gasteiger partial charge in [0, 0.05) is 26.3 Å². The van der Waals surface area contributed by atoms with E-state index in [1.807, 2.05) is 33.8 Å². The van der Waals surface area contributed by atoms with Gasteiger partial charge in [-0.25, -0.2) is 4.79 Å². The Morgan fingerprint density at radius 2 is 1.52 bits per heavy atom. The number of amides is 1. The van der Waals surface area contributed by atoms with Crippen LogP contribution in [0.15, 0.2) is 18.2 Å². The van der Waals surface area contributed by atoms with Crippen LogP contribution in [0, 0.1) is 6.92 Å². The molecule has 8 nitrogen and oxygen atoms in total. The van der Waals surface area contributed by atoms with Crippen LogP contribution in [-0.2, 0) is 25.5 Å². The third-order valence-corrected chi connectivity index (χ3v) is 4.17. The Kier molecular flexibility index (Phi) is 13.9. The monoisotopic (exact) mass is 440 g/mol. The summed E-state index contributed by atoms with van der Waals surface area (Å²) >= 11 is 0. The van der Waals surface area contributed by atoms with Gasteiger partial charge in [0.15, 0.2) is 0 Å². The topological polar surface area (TPSA) is 98.3 Å². The van der Waals surface area contributed by atoms with Gasteiger partial charge in [-0.1, -0.05) is 6.07 Å². The number of benzene rings is 1. The quantitative estimate of drug-likeness (QED) is 0.340. The van der Waals surface area contributed by atoms with Crippen LogP contribution in [0.4, 0.5) is 4.79 Å². The Bertz CT molecular complexity index is 619. The molecule has 0 spiro atoms. The summed E-state index contributed by atoms with van der Waals surface area (Å²) in [5.41, 5.74) is 1.79. The van der Waals surface area contributed by atoms with Crippen LogP contribution in [0.2, 0.25) is 0 Å². The number of phenols is 1. The number of hydrogen-bond acceptors (Lipinski definition) is 7. The minimum Gasteiger partial charge on any atom is -0.508 e. The number of rotatable bonds is 16. The highest BCUT2D eigenvalue weighted by Crippen LogP contribution is 2.15. The fourth-order valence-electron chi connectivity index (χ4n) is 2.59. The van der Waals surface area contributed by atoms with Crippen LogP contribution in [0.1, 0.15) is 44.7 Å². The predicted molar refractivity (Wildman–Crippen MR) is 120 cm³/mol. The number of aromatic hydroxyl groups is 1. The molecule has 0 heterocycles. The van der Waals surface area contributed by atoms with E-state index in [0.717, 1.165) is 31.5 Å². The van der Waals surface area contributed by atoms with Crippen molar-refractivity contribution in [2.45, 2.75) is 52.7 Å². The molecule has 0 bridgehead atoms. The Morgan fingerprint density at radius 3 is 2.13 bits per heavy atom. The fraction of sp³-hybridized carbons (Fsp3) is 0.696. The lowest BCUT2D eigenvalue weighted by molar-refractivity contribution is 0.0136. The normalized spacial score (nSPS) is 11.5. The van der Waals surface area contributed by atoms with Crippen LogP contribution in [0.5, 0.6) is 5.75 Å². The number of carbonyl (C=O) groups excluding carboxylic acids is 1. The highest BCUT2D eigenvalue weighted by Gasteiger charge is 2.15. The summed E-state index contributed by atoms with van der Waals surface area (Å²) in [5, 5.41) is 15.6. The minimum absolute atomic E-state index is 0.298. The van der Waals surface area contributed by atoms with Crippen LogP contribution in [-0.4, -0.2) is 69.5 Å². The molecule has 0 radical (unpaired) electrons. The van der Waals surface area contributed by atoms with Gasteiger partial charge < -0.3 is 34.7 Å². The molecule has 31 heavy (non-hydrogen) atoms. The van der Waals surface area contributed by atoms with Crippen LogP contribution in [0.25, 0.3) is 0 Å². The average molecular weight is 441 g/mol. The molecule has 0 aliphatic carbocycles. The molecule has 3 N–H and O–H groups in total. The first-order valence-electron chi connectivity index (χ1n) is 11.0. The molecule has 0 aromatic heterocycles. The Morgan fingerprint density at radius 1 is 0.935 bits per heavy atom. The second-order valence-corrected chi connectivity index (χ2v) is 8.26. The molecule has 1 aromatic carbocycles. The molecule has 0 fully saturated rings. The number of carbonyl (C=O) groups is 1. The lowest BCUT2D eigenvalue weighted by Crippen LogP contribution is -2.33. The number of ether oxygens (including phenoxy) is 4. The summed E-state index contributed by atoms with van der Waals surface area (Å²) in [6.45, 7) is 13.0. The van der Waals surface area contributed by atoms with Gasteiger partial charge in [-0.3, -0.25) is 0 Å². The maximum absolute atomic E-state index is 11.5. The van der Waals surface area contributed by atoms with Gasteiger partial charge in [0.1, 0.15) is 11.4 Å². The highest BCUT2D eigenvalue weighted by molar-refractivity contribution is 5.67.